The maximum Gasteiger partial charge on any atom is 0.0243 e. The second-order valence-electron chi connectivity index (χ2n) is 5.16. The number of terminal acetylenes is 1. The van der Waals surface area contributed by atoms with Gasteiger partial charge >= 0.3 is 0 Å². The molecule has 0 spiro atoms. The maximum absolute atomic E-state index is 5.47. The Morgan fingerprint density at radius 1 is 1.25 bits per heavy atom. The summed E-state index contributed by atoms with van der Waals surface area (Å²) in [4.78, 5) is 0. The van der Waals surface area contributed by atoms with E-state index in [1.54, 1.807) is 0 Å². The van der Waals surface area contributed by atoms with Gasteiger partial charge in [0.2, 0.25) is 0 Å². The third-order valence-corrected chi connectivity index (χ3v) is 4.03. The van der Waals surface area contributed by atoms with Gasteiger partial charge in [0.1, 0.15) is 0 Å². The Labute approximate surface area is 101 Å². The summed E-state index contributed by atoms with van der Waals surface area (Å²) in [5, 5.41) is 3.63. The van der Waals surface area contributed by atoms with Gasteiger partial charge in [-0.1, -0.05) is 33.1 Å². The van der Waals surface area contributed by atoms with Gasteiger partial charge in [-0.25, -0.2) is 0 Å². The number of nitrogens with one attached hydrogen (secondary N) is 1. The minimum absolute atomic E-state index is 0.572. The van der Waals surface area contributed by atoms with Crippen LogP contribution in [0.4, 0.5) is 0 Å². The highest BCUT2D eigenvalue weighted by Gasteiger charge is 2.25. The van der Waals surface area contributed by atoms with Crippen molar-refractivity contribution in [2.45, 2.75) is 64.8 Å². The predicted molar refractivity (Wildman–Crippen MR) is 71.3 cm³/mol. The van der Waals surface area contributed by atoms with E-state index in [2.05, 4.69) is 25.1 Å². The molecule has 0 aromatic heterocycles. The van der Waals surface area contributed by atoms with Crippen LogP contribution in [0.3, 0.4) is 0 Å². The lowest BCUT2D eigenvalue weighted by atomic mass is 9.77. The molecule has 0 aromatic carbocycles. The van der Waals surface area contributed by atoms with E-state index in [9.17, 15) is 0 Å². The van der Waals surface area contributed by atoms with E-state index in [4.69, 9.17) is 6.42 Å². The third kappa shape index (κ3) is 4.18. The van der Waals surface area contributed by atoms with Crippen molar-refractivity contribution in [1.82, 2.24) is 5.32 Å². The van der Waals surface area contributed by atoms with Crippen molar-refractivity contribution < 1.29 is 0 Å². The molecular weight excluding hydrogens is 194 g/mol. The van der Waals surface area contributed by atoms with Crippen molar-refractivity contribution in [2.24, 2.45) is 11.8 Å². The molecule has 0 aromatic rings. The zero-order valence-corrected chi connectivity index (χ0v) is 11.0. The van der Waals surface area contributed by atoms with Crippen LogP contribution in [0, 0.1) is 24.2 Å². The van der Waals surface area contributed by atoms with Crippen molar-refractivity contribution >= 4 is 0 Å². The van der Waals surface area contributed by atoms with Crippen molar-refractivity contribution in [2.75, 3.05) is 6.54 Å². The van der Waals surface area contributed by atoms with Gasteiger partial charge in [-0.2, -0.15) is 0 Å². The van der Waals surface area contributed by atoms with Crippen LogP contribution in [0.25, 0.3) is 0 Å². The van der Waals surface area contributed by atoms with Crippen LogP contribution in [0.1, 0.15) is 58.8 Å². The standard InChI is InChI=1S/C15H27N/c1-4-7-15(16-12-5-2)14-10-8-13(6-3)9-11-14/h1,13-16H,5-12H2,2-3H3. The Morgan fingerprint density at radius 3 is 2.44 bits per heavy atom. The molecule has 92 valence electrons. The van der Waals surface area contributed by atoms with Crippen LogP contribution in [0.2, 0.25) is 0 Å². The van der Waals surface area contributed by atoms with Crippen LogP contribution in [-0.4, -0.2) is 12.6 Å². The number of rotatable bonds is 6. The van der Waals surface area contributed by atoms with Crippen molar-refractivity contribution in [3.63, 3.8) is 0 Å². The molecule has 0 saturated heterocycles. The van der Waals surface area contributed by atoms with E-state index in [-0.39, 0.29) is 0 Å². The van der Waals surface area contributed by atoms with E-state index >= 15 is 0 Å². The molecule has 1 heteroatoms. The summed E-state index contributed by atoms with van der Waals surface area (Å²) in [6.45, 7) is 5.65. The van der Waals surface area contributed by atoms with Gasteiger partial charge in [-0.3, -0.25) is 0 Å². The van der Waals surface area contributed by atoms with Gasteiger partial charge in [0.05, 0.1) is 0 Å². The van der Waals surface area contributed by atoms with E-state index in [0.29, 0.717) is 6.04 Å². The zero-order valence-electron chi connectivity index (χ0n) is 11.0. The highest BCUT2D eigenvalue weighted by atomic mass is 14.9. The van der Waals surface area contributed by atoms with Crippen LogP contribution in [0.15, 0.2) is 0 Å². The predicted octanol–water partition coefficient (Wildman–Crippen LogP) is 3.59. The molecule has 1 nitrogen and oxygen atoms in total. The zero-order chi connectivity index (χ0) is 11.8. The van der Waals surface area contributed by atoms with Crippen molar-refractivity contribution in [3.8, 4) is 12.3 Å². The van der Waals surface area contributed by atoms with Gasteiger partial charge in [0.15, 0.2) is 0 Å². The average molecular weight is 221 g/mol. The van der Waals surface area contributed by atoms with Crippen molar-refractivity contribution in [3.05, 3.63) is 0 Å². The Hall–Kier alpha value is -0.480. The topological polar surface area (TPSA) is 12.0 Å². The molecule has 1 atom stereocenters. The summed E-state index contributed by atoms with van der Waals surface area (Å²) in [5.41, 5.74) is 0. The fraction of sp³-hybridized carbons (Fsp3) is 0.867. The first-order chi connectivity index (χ1) is 7.81. The number of hydrogen-bond donors (Lipinski definition) is 1. The molecule has 1 N–H and O–H groups in total. The first-order valence-corrected chi connectivity index (χ1v) is 6.98. The highest BCUT2D eigenvalue weighted by molar-refractivity contribution is 4.93. The minimum Gasteiger partial charge on any atom is -0.313 e. The molecule has 0 aliphatic heterocycles. The third-order valence-electron chi connectivity index (χ3n) is 4.03. The summed E-state index contributed by atoms with van der Waals surface area (Å²) in [5.74, 6) is 4.64. The highest BCUT2D eigenvalue weighted by Crippen LogP contribution is 2.33. The smallest absolute Gasteiger partial charge is 0.0243 e. The summed E-state index contributed by atoms with van der Waals surface area (Å²) < 4.78 is 0. The quantitative estimate of drug-likeness (QED) is 0.676. The normalized spacial score (nSPS) is 27.3. The molecule has 1 saturated carbocycles. The molecular formula is C15H27N. The van der Waals surface area contributed by atoms with Gasteiger partial charge in [-0.15, -0.1) is 12.3 Å². The Balaban J connectivity index is 2.37. The van der Waals surface area contributed by atoms with E-state index in [1.807, 2.05) is 0 Å². The lowest BCUT2D eigenvalue weighted by Gasteiger charge is -2.33. The second kappa shape index (κ2) is 7.74. The molecule has 1 aliphatic rings. The SMILES string of the molecule is C#CCC(NCCC)C1CCC(CC)CC1. The maximum atomic E-state index is 5.47. The molecule has 0 heterocycles. The fourth-order valence-electron chi connectivity index (χ4n) is 2.86. The van der Waals surface area contributed by atoms with Crippen LogP contribution in [-0.2, 0) is 0 Å². The Morgan fingerprint density at radius 2 is 1.94 bits per heavy atom. The second-order valence-corrected chi connectivity index (χ2v) is 5.16. The van der Waals surface area contributed by atoms with Gasteiger partial charge in [0.25, 0.3) is 0 Å². The lowest BCUT2D eigenvalue weighted by molar-refractivity contribution is 0.219. The summed E-state index contributed by atoms with van der Waals surface area (Å²) in [7, 11) is 0. The first kappa shape index (κ1) is 13.6. The molecule has 1 rings (SSSR count). The molecule has 0 amide bonds. The van der Waals surface area contributed by atoms with Gasteiger partial charge in [-0.05, 0) is 37.6 Å². The Kier molecular flexibility index (Phi) is 6.57. The van der Waals surface area contributed by atoms with Crippen LogP contribution >= 0.6 is 0 Å². The molecule has 1 fully saturated rings. The fourth-order valence-corrected chi connectivity index (χ4v) is 2.86. The minimum atomic E-state index is 0.572. The molecule has 0 bridgehead atoms. The van der Waals surface area contributed by atoms with Gasteiger partial charge < -0.3 is 5.32 Å². The molecule has 16 heavy (non-hydrogen) atoms. The van der Waals surface area contributed by atoms with E-state index < -0.39 is 0 Å². The summed E-state index contributed by atoms with van der Waals surface area (Å²) >= 11 is 0. The lowest BCUT2D eigenvalue weighted by Crippen LogP contribution is -2.38. The van der Waals surface area contributed by atoms with E-state index in [1.165, 1.54) is 38.5 Å². The first-order valence-electron chi connectivity index (χ1n) is 6.98. The average Bonchev–Trinajstić information content (AvgIpc) is 2.35. The van der Waals surface area contributed by atoms with Crippen LogP contribution in [0.5, 0.6) is 0 Å². The molecule has 1 aliphatic carbocycles. The molecule has 1 unspecified atom stereocenters. The monoisotopic (exact) mass is 221 g/mol. The van der Waals surface area contributed by atoms with Crippen molar-refractivity contribution in [1.29, 1.82) is 0 Å². The summed E-state index contributed by atoms with van der Waals surface area (Å²) in [6, 6.07) is 0.572. The Bertz CT molecular complexity index is 208. The summed E-state index contributed by atoms with van der Waals surface area (Å²) in [6.07, 6.45) is 14.5. The largest absolute Gasteiger partial charge is 0.313 e. The van der Waals surface area contributed by atoms with Gasteiger partial charge in [0, 0.05) is 12.5 Å². The van der Waals surface area contributed by atoms with E-state index in [0.717, 1.165) is 24.8 Å². The number of hydrogen-bond acceptors (Lipinski definition) is 1. The van der Waals surface area contributed by atoms with Crippen LogP contribution < -0.4 is 5.32 Å². The molecule has 0 radical (unpaired) electrons.